The van der Waals surface area contributed by atoms with Crippen molar-refractivity contribution in [3.63, 3.8) is 0 Å². The second kappa shape index (κ2) is 6.98. The van der Waals surface area contributed by atoms with Gasteiger partial charge in [-0.2, -0.15) is 5.10 Å². The Kier molecular flexibility index (Phi) is 4.78. The number of nitrogens with one attached hydrogen (secondary N) is 1. The molecule has 1 aromatic heterocycles. The van der Waals surface area contributed by atoms with Gasteiger partial charge in [-0.05, 0) is 48.9 Å². The molecule has 6 nitrogen and oxygen atoms in total. The molecule has 1 heterocycles. The molecule has 124 valence electrons. The lowest BCUT2D eigenvalue weighted by Crippen LogP contribution is -2.28. The summed E-state index contributed by atoms with van der Waals surface area (Å²) in [4.78, 5) is 4.51. The van der Waals surface area contributed by atoms with E-state index >= 15 is 0 Å². The predicted molar refractivity (Wildman–Crippen MR) is 94.6 cm³/mol. The average Bonchev–Trinajstić information content (AvgIpc) is 2.59. The zero-order valence-electron chi connectivity index (χ0n) is 13.2. The predicted octanol–water partition coefficient (Wildman–Crippen LogP) is 2.77. The molecule has 1 aliphatic rings. The van der Waals surface area contributed by atoms with Crippen LogP contribution in [0.25, 0.3) is 0 Å². The third-order valence-corrected chi connectivity index (χ3v) is 4.49. The van der Waals surface area contributed by atoms with Crippen LogP contribution < -0.4 is 11.2 Å². The minimum atomic E-state index is -0.162. The van der Waals surface area contributed by atoms with E-state index in [1.165, 1.54) is 0 Å². The van der Waals surface area contributed by atoms with Crippen LogP contribution in [0.5, 0.6) is 0 Å². The first-order chi connectivity index (χ1) is 11.6. The minimum Gasteiger partial charge on any atom is -0.367 e. The maximum absolute atomic E-state index is 8.78. The molecule has 0 radical (unpaired) electrons. The van der Waals surface area contributed by atoms with Gasteiger partial charge in [-0.3, -0.25) is 10.2 Å². The number of guanidine groups is 1. The summed E-state index contributed by atoms with van der Waals surface area (Å²) in [6.07, 6.45) is 3.26. The highest BCUT2D eigenvalue weighted by Gasteiger charge is 2.28. The van der Waals surface area contributed by atoms with Gasteiger partial charge in [-0.25, -0.2) is 5.48 Å². The number of rotatable bonds is 2. The molecule has 24 heavy (non-hydrogen) atoms. The number of hydrogen-bond acceptors (Lipinski definition) is 4. The van der Waals surface area contributed by atoms with Gasteiger partial charge < -0.3 is 5.73 Å². The summed E-state index contributed by atoms with van der Waals surface area (Å²) in [5.41, 5.74) is 12.1. The molecule has 0 bridgehead atoms. The van der Waals surface area contributed by atoms with E-state index in [1.54, 1.807) is 11.7 Å². The van der Waals surface area contributed by atoms with E-state index in [1.807, 2.05) is 37.3 Å². The van der Waals surface area contributed by atoms with E-state index in [4.69, 9.17) is 22.5 Å². The zero-order chi connectivity index (χ0) is 17.1. The number of benzene rings is 1. The summed E-state index contributed by atoms with van der Waals surface area (Å²) in [6.45, 7) is 2.02. The van der Waals surface area contributed by atoms with Gasteiger partial charge in [0, 0.05) is 16.8 Å². The third kappa shape index (κ3) is 3.25. The SMILES string of the molecule is Cc1ccnc2c1C(=N/N=C(/N)NO)CC(c1ccccc1Cl)C2. The van der Waals surface area contributed by atoms with Gasteiger partial charge in [-0.15, -0.1) is 5.10 Å². The average molecular weight is 344 g/mol. The Morgan fingerprint density at radius 1 is 1.33 bits per heavy atom. The summed E-state index contributed by atoms with van der Waals surface area (Å²) in [5, 5.41) is 17.6. The smallest absolute Gasteiger partial charge is 0.237 e. The van der Waals surface area contributed by atoms with E-state index in [0.29, 0.717) is 6.42 Å². The van der Waals surface area contributed by atoms with Crippen LogP contribution in [0.1, 0.15) is 34.7 Å². The van der Waals surface area contributed by atoms with Crippen molar-refractivity contribution in [1.82, 2.24) is 10.5 Å². The molecule has 0 amide bonds. The summed E-state index contributed by atoms with van der Waals surface area (Å²) >= 11 is 6.36. The molecule has 0 aliphatic heterocycles. The van der Waals surface area contributed by atoms with E-state index in [-0.39, 0.29) is 11.9 Å². The van der Waals surface area contributed by atoms with Crippen LogP contribution in [0, 0.1) is 6.92 Å². The van der Waals surface area contributed by atoms with Gasteiger partial charge in [-0.1, -0.05) is 29.8 Å². The molecule has 1 atom stereocenters. The Bertz CT molecular complexity index is 818. The van der Waals surface area contributed by atoms with Crippen LogP contribution >= 0.6 is 11.6 Å². The van der Waals surface area contributed by atoms with E-state index in [0.717, 1.165) is 39.5 Å². The first-order valence-corrected chi connectivity index (χ1v) is 7.97. The summed E-state index contributed by atoms with van der Waals surface area (Å²) in [7, 11) is 0. The number of hydrogen-bond donors (Lipinski definition) is 3. The van der Waals surface area contributed by atoms with Gasteiger partial charge in [0.15, 0.2) is 0 Å². The van der Waals surface area contributed by atoms with E-state index in [9.17, 15) is 0 Å². The van der Waals surface area contributed by atoms with E-state index in [2.05, 4.69) is 15.2 Å². The highest BCUT2D eigenvalue weighted by atomic mass is 35.5. The highest BCUT2D eigenvalue weighted by Crippen LogP contribution is 2.36. The largest absolute Gasteiger partial charge is 0.367 e. The van der Waals surface area contributed by atoms with Crippen LogP contribution in [-0.2, 0) is 6.42 Å². The van der Waals surface area contributed by atoms with Crippen LogP contribution in [0.15, 0.2) is 46.7 Å². The molecule has 2 aromatic rings. The number of nitrogens with two attached hydrogens (primary N) is 1. The molecule has 4 N–H and O–H groups in total. The number of fused-ring (bicyclic) bond motifs is 1. The molecule has 0 saturated carbocycles. The molecule has 1 unspecified atom stereocenters. The fraction of sp³-hybridized carbons (Fsp3) is 0.235. The van der Waals surface area contributed by atoms with Crippen molar-refractivity contribution >= 4 is 23.3 Å². The van der Waals surface area contributed by atoms with E-state index < -0.39 is 0 Å². The topological polar surface area (TPSA) is 95.9 Å². The lowest BCUT2D eigenvalue weighted by molar-refractivity contribution is 0.232. The first kappa shape index (κ1) is 16.4. The Morgan fingerprint density at radius 3 is 2.88 bits per heavy atom. The number of aromatic nitrogens is 1. The molecule has 7 heteroatoms. The highest BCUT2D eigenvalue weighted by molar-refractivity contribution is 6.31. The minimum absolute atomic E-state index is 0.162. The standard InChI is InChI=1S/C17H18ClN5O/c1-10-6-7-20-14-8-11(12-4-2-3-5-13(12)18)9-15(16(10)14)21-22-17(19)23-24/h2-7,11,24H,8-9H2,1H3,(H3,19,22,23). The quantitative estimate of drug-likeness (QED) is 0.444. The normalized spacial score (nSPS) is 19.2. The van der Waals surface area contributed by atoms with Crippen LogP contribution in [0.3, 0.4) is 0 Å². The van der Waals surface area contributed by atoms with Gasteiger partial charge in [0.2, 0.25) is 5.96 Å². The lowest BCUT2D eigenvalue weighted by atomic mass is 9.80. The first-order valence-electron chi connectivity index (χ1n) is 7.59. The second-order valence-electron chi connectivity index (χ2n) is 5.72. The number of pyridine rings is 1. The molecule has 1 aliphatic carbocycles. The molecular formula is C17H18ClN5O. The van der Waals surface area contributed by atoms with Gasteiger partial charge in [0.25, 0.3) is 0 Å². The van der Waals surface area contributed by atoms with Crippen molar-refractivity contribution < 1.29 is 5.21 Å². The van der Waals surface area contributed by atoms with Crippen LogP contribution in [0.4, 0.5) is 0 Å². The third-order valence-electron chi connectivity index (χ3n) is 4.14. The molecule has 1 aromatic carbocycles. The van der Waals surface area contributed by atoms with Gasteiger partial charge in [0.1, 0.15) is 0 Å². The maximum atomic E-state index is 8.78. The number of hydroxylamine groups is 1. The monoisotopic (exact) mass is 343 g/mol. The van der Waals surface area contributed by atoms with Crippen molar-refractivity contribution in [2.24, 2.45) is 15.9 Å². The molecule has 0 fully saturated rings. The van der Waals surface area contributed by atoms with Crippen molar-refractivity contribution in [3.05, 3.63) is 63.9 Å². The fourth-order valence-electron chi connectivity index (χ4n) is 3.06. The van der Waals surface area contributed by atoms with Crippen molar-refractivity contribution in [3.8, 4) is 0 Å². The molecular weight excluding hydrogens is 326 g/mol. The summed E-state index contributed by atoms with van der Waals surface area (Å²) in [6, 6.07) is 9.75. The van der Waals surface area contributed by atoms with Gasteiger partial charge >= 0.3 is 0 Å². The molecule has 0 spiro atoms. The Balaban J connectivity index is 2.07. The number of nitrogens with zero attached hydrogens (tertiary/aromatic N) is 3. The van der Waals surface area contributed by atoms with Crippen molar-refractivity contribution in [2.75, 3.05) is 0 Å². The Morgan fingerprint density at radius 2 is 2.12 bits per heavy atom. The maximum Gasteiger partial charge on any atom is 0.237 e. The Hall–Kier alpha value is -2.44. The Labute approximate surface area is 145 Å². The van der Waals surface area contributed by atoms with Crippen LogP contribution in [0.2, 0.25) is 5.02 Å². The number of halogens is 1. The van der Waals surface area contributed by atoms with Crippen molar-refractivity contribution in [2.45, 2.75) is 25.7 Å². The zero-order valence-corrected chi connectivity index (χ0v) is 14.0. The lowest BCUT2D eigenvalue weighted by Gasteiger charge is -2.26. The summed E-state index contributed by atoms with van der Waals surface area (Å²) < 4.78 is 0. The summed E-state index contributed by atoms with van der Waals surface area (Å²) in [5.74, 6) is 0.00298. The fourth-order valence-corrected chi connectivity index (χ4v) is 3.35. The number of aryl methyl sites for hydroxylation is 1. The molecule has 0 saturated heterocycles. The van der Waals surface area contributed by atoms with Gasteiger partial charge in [0.05, 0.1) is 11.4 Å². The molecule has 3 rings (SSSR count). The van der Waals surface area contributed by atoms with Crippen LogP contribution in [-0.4, -0.2) is 21.9 Å². The van der Waals surface area contributed by atoms with Crippen molar-refractivity contribution in [1.29, 1.82) is 0 Å². The second-order valence-corrected chi connectivity index (χ2v) is 6.13.